The molecule has 3 atom stereocenters. The van der Waals surface area contributed by atoms with Crippen molar-refractivity contribution >= 4 is 9.84 Å². The summed E-state index contributed by atoms with van der Waals surface area (Å²) in [6, 6.07) is 5.85. The van der Waals surface area contributed by atoms with Crippen molar-refractivity contribution in [1.82, 2.24) is 0 Å². The van der Waals surface area contributed by atoms with Gasteiger partial charge in [-0.2, -0.15) is 8.78 Å². The molecule has 18 heavy (non-hydrogen) atoms. The molecule has 1 aromatic rings. The van der Waals surface area contributed by atoms with Crippen molar-refractivity contribution in [3.63, 3.8) is 0 Å². The molecule has 0 heterocycles. The second-order valence-corrected chi connectivity index (χ2v) is 6.66. The first-order chi connectivity index (χ1) is 8.34. The van der Waals surface area contributed by atoms with Gasteiger partial charge < -0.3 is 5.73 Å². The fraction of sp³-hybridized carbons (Fsp3) is 0.500. The highest BCUT2D eigenvalue weighted by Gasteiger charge is 2.36. The number of nitrogens with two attached hydrogens (primary N) is 1. The first-order valence-corrected chi connectivity index (χ1v) is 7.26. The van der Waals surface area contributed by atoms with Crippen molar-refractivity contribution in [3.8, 4) is 0 Å². The smallest absolute Gasteiger partial charge is 0.327 e. The van der Waals surface area contributed by atoms with Crippen molar-refractivity contribution in [1.29, 1.82) is 0 Å². The Kier molecular flexibility index (Phi) is 3.42. The van der Waals surface area contributed by atoms with E-state index in [2.05, 4.69) is 0 Å². The van der Waals surface area contributed by atoms with E-state index in [1.807, 2.05) is 6.92 Å². The molecule has 2 N–H and O–H groups in total. The fourth-order valence-electron chi connectivity index (χ4n) is 2.27. The summed E-state index contributed by atoms with van der Waals surface area (Å²) in [5, 5.41) is 0. The first kappa shape index (κ1) is 13.4. The number of benzene rings is 1. The molecule has 0 saturated heterocycles. The molecular weight excluding hydrogens is 260 g/mol. The summed E-state index contributed by atoms with van der Waals surface area (Å²) in [6.07, 6.45) is 0.849. The lowest BCUT2D eigenvalue weighted by molar-refractivity contribution is 0.226. The molecule has 0 aliphatic heterocycles. The van der Waals surface area contributed by atoms with Crippen LogP contribution in [-0.4, -0.2) is 20.2 Å². The van der Waals surface area contributed by atoms with Crippen LogP contribution in [0.15, 0.2) is 29.2 Å². The Bertz CT molecular complexity index is 528. The predicted molar refractivity (Wildman–Crippen MR) is 64.1 cm³/mol. The van der Waals surface area contributed by atoms with E-state index in [0.29, 0.717) is 11.8 Å². The highest BCUT2D eigenvalue weighted by atomic mass is 32.2. The molecule has 3 nitrogen and oxygen atoms in total. The molecule has 0 spiro atoms. The van der Waals surface area contributed by atoms with Gasteiger partial charge in [-0.1, -0.05) is 19.1 Å². The summed E-state index contributed by atoms with van der Waals surface area (Å²) in [5.74, 6) is -2.75. The minimum Gasteiger partial charge on any atom is -0.327 e. The molecule has 3 unspecified atom stereocenters. The molecule has 0 aromatic heterocycles. The molecule has 1 aromatic carbocycles. The molecule has 2 rings (SSSR count). The van der Waals surface area contributed by atoms with Crippen LogP contribution in [0.3, 0.4) is 0 Å². The number of rotatable bonds is 3. The van der Waals surface area contributed by atoms with Gasteiger partial charge in [-0.25, -0.2) is 8.42 Å². The zero-order valence-corrected chi connectivity index (χ0v) is 10.7. The lowest BCUT2D eigenvalue weighted by Gasteiger charge is -2.40. The average molecular weight is 275 g/mol. The van der Waals surface area contributed by atoms with E-state index in [0.717, 1.165) is 12.0 Å². The van der Waals surface area contributed by atoms with Crippen molar-refractivity contribution in [2.24, 2.45) is 11.7 Å². The molecule has 0 radical (unpaired) electrons. The van der Waals surface area contributed by atoms with Gasteiger partial charge in [-0.3, -0.25) is 0 Å². The van der Waals surface area contributed by atoms with Crippen LogP contribution >= 0.6 is 0 Å². The Morgan fingerprint density at radius 3 is 2.22 bits per heavy atom. The Morgan fingerprint density at radius 1 is 1.28 bits per heavy atom. The number of halogens is 2. The second-order valence-electron chi connectivity index (χ2n) is 4.74. The van der Waals surface area contributed by atoms with Gasteiger partial charge >= 0.3 is 5.76 Å². The molecule has 1 saturated carbocycles. The highest BCUT2D eigenvalue weighted by Crippen LogP contribution is 2.41. The van der Waals surface area contributed by atoms with Crippen LogP contribution in [0.4, 0.5) is 8.78 Å². The van der Waals surface area contributed by atoms with E-state index < -0.39 is 15.6 Å². The third-order valence-corrected chi connectivity index (χ3v) is 5.11. The van der Waals surface area contributed by atoms with Crippen LogP contribution < -0.4 is 5.73 Å². The van der Waals surface area contributed by atoms with Gasteiger partial charge in [0.25, 0.3) is 0 Å². The lowest BCUT2D eigenvalue weighted by Crippen LogP contribution is -2.44. The third kappa shape index (κ3) is 2.14. The van der Waals surface area contributed by atoms with E-state index >= 15 is 0 Å². The Morgan fingerprint density at radius 2 is 1.83 bits per heavy atom. The van der Waals surface area contributed by atoms with Crippen molar-refractivity contribution in [3.05, 3.63) is 29.8 Å². The van der Waals surface area contributed by atoms with Crippen molar-refractivity contribution in [2.75, 3.05) is 0 Å². The summed E-state index contributed by atoms with van der Waals surface area (Å²) < 4.78 is 47.2. The number of hydrogen-bond acceptors (Lipinski definition) is 3. The zero-order chi connectivity index (χ0) is 13.5. The van der Waals surface area contributed by atoms with Gasteiger partial charge in [-0.05, 0) is 36.0 Å². The topological polar surface area (TPSA) is 60.2 Å². The van der Waals surface area contributed by atoms with Gasteiger partial charge in [0.1, 0.15) is 0 Å². The molecular formula is C12H15F2NO2S. The van der Waals surface area contributed by atoms with Gasteiger partial charge in [0.2, 0.25) is 9.84 Å². The largest absolute Gasteiger partial charge is 0.341 e. The zero-order valence-electron chi connectivity index (χ0n) is 9.88. The normalized spacial score (nSPS) is 28.2. The Hall–Kier alpha value is -1.01. The summed E-state index contributed by atoms with van der Waals surface area (Å²) in [7, 11) is -4.49. The van der Waals surface area contributed by atoms with Gasteiger partial charge in [0, 0.05) is 6.04 Å². The fourth-order valence-corrected chi connectivity index (χ4v) is 2.99. The Labute approximate surface area is 105 Å². The molecule has 6 heteroatoms. The predicted octanol–water partition coefficient (Wildman–Crippen LogP) is 2.13. The number of alkyl halides is 2. The van der Waals surface area contributed by atoms with Gasteiger partial charge in [0.15, 0.2) is 0 Å². The van der Waals surface area contributed by atoms with E-state index in [-0.39, 0.29) is 10.9 Å². The monoisotopic (exact) mass is 275 g/mol. The van der Waals surface area contributed by atoms with Crippen LogP contribution in [0.25, 0.3) is 0 Å². The van der Waals surface area contributed by atoms with Crippen LogP contribution in [0.5, 0.6) is 0 Å². The SMILES string of the molecule is CC1C(N)CC1c1ccc(S(=O)(=O)C(F)F)cc1. The average Bonchev–Trinajstić information content (AvgIpc) is 2.35. The minimum absolute atomic E-state index is 0.166. The number of sulfone groups is 1. The van der Waals surface area contributed by atoms with E-state index in [4.69, 9.17) is 5.73 Å². The third-order valence-electron chi connectivity index (χ3n) is 3.71. The highest BCUT2D eigenvalue weighted by molar-refractivity contribution is 7.91. The summed E-state index contributed by atoms with van der Waals surface area (Å²) in [4.78, 5) is -0.336. The summed E-state index contributed by atoms with van der Waals surface area (Å²) >= 11 is 0. The van der Waals surface area contributed by atoms with Crippen molar-refractivity contribution < 1.29 is 17.2 Å². The second kappa shape index (κ2) is 4.59. The van der Waals surface area contributed by atoms with E-state index in [1.54, 1.807) is 12.1 Å². The molecule has 1 aliphatic rings. The van der Waals surface area contributed by atoms with Crippen LogP contribution in [0.2, 0.25) is 0 Å². The van der Waals surface area contributed by atoms with Gasteiger partial charge in [-0.15, -0.1) is 0 Å². The van der Waals surface area contributed by atoms with Crippen LogP contribution in [0.1, 0.15) is 24.8 Å². The van der Waals surface area contributed by atoms with E-state index in [9.17, 15) is 17.2 Å². The van der Waals surface area contributed by atoms with Crippen LogP contribution in [0, 0.1) is 5.92 Å². The summed E-state index contributed by atoms with van der Waals surface area (Å²) in [5.41, 5.74) is 6.75. The summed E-state index contributed by atoms with van der Waals surface area (Å²) in [6.45, 7) is 2.03. The molecule has 0 amide bonds. The molecule has 1 aliphatic carbocycles. The molecule has 100 valence electrons. The van der Waals surface area contributed by atoms with Crippen LogP contribution in [-0.2, 0) is 9.84 Å². The van der Waals surface area contributed by atoms with E-state index in [1.165, 1.54) is 12.1 Å². The maximum absolute atomic E-state index is 12.3. The Balaban J connectivity index is 2.22. The lowest BCUT2D eigenvalue weighted by atomic mass is 9.67. The first-order valence-electron chi connectivity index (χ1n) is 5.71. The quantitative estimate of drug-likeness (QED) is 0.919. The number of hydrogen-bond donors (Lipinski definition) is 1. The minimum atomic E-state index is -4.49. The van der Waals surface area contributed by atoms with Crippen molar-refractivity contribution in [2.45, 2.75) is 36.0 Å². The molecule has 1 fully saturated rings. The van der Waals surface area contributed by atoms with Gasteiger partial charge in [0.05, 0.1) is 4.90 Å². The molecule has 0 bridgehead atoms. The maximum atomic E-state index is 12.3. The maximum Gasteiger partial charge on any atom is 0.341 e. The standard InChI is InChI=1S/C12H15F2NO2S/c1-7-10(6-11(7)15)8-2-4-9(5-3-8)18(16,17)12(13)14/h2-5,7,10-12H,6,15H2,1H3.